The molecule has 2 rings (SSSR count). The minimum atomic E-state index is -0.162. The molecule has 4 heteroatoms. The third kappa shape index (κ3) is 3.23. The third-order valence-electron chi connectivity index (χ3n) is 2.67. The Balaban J connectivity index is 2.09. The maximum absolute atomic E-state index is 11.9. The van der Waals surface area contributed by atoms with Gasteiger partial charge in [0.05, 0.1) is 17.4 Å². The molecule has 1 unspecified atom stereocenters. The lowest BCUT2D eigenvalue weighted by Crippen LogP contribution is -2.31. The predicted octanol–water partition coefficient (Wildman–Crippen LogP) is 2.01. The molecule has 2 aromatic rings. The topological polar surface area (TPSA) is 46.9 Å². The Bertz CT molecular complexity index is 595. The van der Waals surface area contributed by atoms with Crippen LogP contribution < -0.4 is 5.32 Å². The van der Waals surface area contributed by atoms with Crippen molar-refractivity contribution in [2.75, 3.05) is 0 Å². The fourth-order valence-electron chi connectivity index (χ4n) is 1.70. The minimum Gasteiger partial charge on any atom is -0.349 e. The molecule has 0 aliphatic rings. The molecule has 0 saturated heterocycles. The Hall–Kier alpha value is -2.54. The van der Waals surface area contributed by atoms with Crippen LogP contribution in [0, 0.1) is 12.3 Å². The summed E-state index contributed by atoms with van der Waals surface area (Å²) in [6.07, 6.45) is 8.97. The second-order valence-corrected chi connectivity index (χ2v) is 4.29. The monoisotopic (exact) mass is 253 g/mol. The van der Waals surface area contributed by atoms with E-state index in [-0.39, 0.29) is 11.9 Å². The number of carbonyl (C=O) groups is 1. The molecular formula is C15H15N3O. The third-order valence-corrected chi connectivity index (χ3v) is 2.67. The lowest BCUT2D eigenvalue weighted by atomic mass is 10.2. The van der Waals surface area contributed by atoms with Gasteiger partial charge in [-0.05, 0) is 19.1 Å². The average Bonchev–Trinajstić information content (AvgIpc) is 2.89. The number of hydrogen-bond donors (Lipinski definition) is 1. The fourth-order valence-corrected chi connectivity index (χ4v) is 1.70. The van der Waals surface area contributed by atoms with Crippen molar-refractivity contribution in [3.8, 4) is 18.0 Å². The van der Waals surface area contributed by atoms with E-state index in [2.05, 4.69) is 16.3 Å². The van der Waals surface area contributed by atoms with Crippen LogP contribution in [0.15, 0.2) is 42.7 Å². The highest BCUT2D eigenvalue weighted by Gasteiger charge is 2.11. The highest BCUT2D eigenvalue weighted by atomic mass is 16.1. The number of carbonyl (C=O) groups excluding carboxylic acids is 1. The van der Waals surface area contributed by atoms with E-state index in [1.165, 1.54) is 0 Å². The van der Waals surface area contributed by atoms with Crippen LogP contribution in [-0.2, 0) is 0 Å². The van der Waals surface area contributed by atoms with Crippen LogP contribution in [0.3, 0.4) is 0 Å². The summed E-state index contributed by atoms with van der Waals surface area (Å²) < 4.78 is 1.67. The van der Waals surface area contributed by atoms with Crippen LogP contribution >= 0.6 is 0 Å². The molecular weight excluding hydrogens is 238 g/mol. The van der Waals surface area contributed by atoms with Crippen LogP contribution in [-0.4, -0.2) is 21.7 Å². The Morgan fingerprint density at radius 1 is 1.47 bits per heavy atom. The summed E-state index contributed by atoms with van der Waals surface area (Å²) >= 11 is 0. The zero-order chi connectivity index (χ0) is 13.7. The molecule has 0 saturated carbocycles. The summed E-state index contributed by atoms with van der Waals surface area (Å²) in [6.45, 7) is 1.87. The molecule has 1 atom stereocenters. The minimum absolute atomic E-state index is 0.0439. The van der Waals surface area contributed by atoms with Crippen LogP contribution in [0.2, 0.25) is 0 Å². The number of aromatic nitrogens is 2. The first-order valence-corrected chi connectivity index (χ1v) is 6.05. The van der Waals surface area contributed by atoms with Crippen LogP contribution in [0.25, 0.3) is 5.69 Å². The molecule has 0 fully saturated rings. The number of hydrogen-bond acceptors (Lipinski definition) is 2. The first kappa shape index (κ1) is 12.9. The number of para-hydroxylation sites is 1. The van der Waals surface area contributed by atoms with Crippen molar-refractivity contribution in [3.05, 3.63) is 48.3 Å². The molecule has 1 aromatic heterocycles. The summed E-state index contributed by atoms with van der Waals surface area (Å²) in [7, 11) is 0. The largest absolute Gasteiger partial charge is 0.349 e. The standard InChI is InChI=1S/C15H15N3O/c1-3-7-12(2)17-15(19)13-10-16-18(11-13)14-8-5-4-6-9-14/h1,4-6,8-12H,7H2,2H3,(H,17,19). The molecule has 1 amide bonds. The summed E-state index contributed by atoms with van der Waals surface area (Å²) in [6, 6.07) is 9.59. The van der Waals surface area contributed by atoms with Gasteiger partial charge in [-0.25, -0.2) is 4.68 Å². The maximum atomic E-state index is 11.9. The van der Waals surface area contributed by atoms with E-state index in [1.807, 2.05) is 37.3 Å². The van der Waals surface area contributed by atoms with E-state index >= 15 is 0 Å². The number of benzene rings is 1. The van der Waals surface area contributed by atoms with Gasteiger partial charge in [0.2, 0.25) is 0 Å². The summed E-state index contributed by atoms with van der Waals surface area (Å²) in [5.41, 5.74) is 1.44. The van der Waals surface area contributed by atoms with E-state index in [0.29, 0.717) is 12.0 Å². The zero-order valence-corrected chi connectivity index (χ0v) is 10.7. The summed E-state index contributed by atoms with van der Waals surface area (Å²) in [5.74, 6) is 2.36. The SMILES string of the molecule is C#CCC(C)NC(=O)c1cnn(-c2ccccc2)c1. The Morgan fingerprint density at radius 3 is 2.89 bits per heavy atom. The Morgan fingerprint density at radius 2 is 2.21 bits per heavy atom. The predicted molar refractivity (Wildman–Crippen MR) is 73.9 cm³/mol. The van der Waals surface area contributed by atoms with Crippen LogP contribution in [0.5, 0.6) is 0 Å². The quantitative estimate of drug-likeness (QED) is 0.847. The molecule has 96 valence electrons. The van der Waals surface area contributed by atoms with Gasteiger partial charge < -0.3 is 5.32 Å². The molecule has 4 nitrogen and oxygen atoms in total. The smallest absolute Gasteiger partial charge is 0.254 e. The molecule has 0 aliphatic carbocycles. The van der Waals surface area contributed by atoms with Crippen molar-refractivity contribution in [1.82, 2.24) is 15.1 Å². The molecule has 1 heterocycles. The molecule has 0 bridgehead atoms. The highest BCUT2D eigenvalue weighted by molar-refractivity contribution is 5.93. The normalized spacial score (nSPS) is 11.6. The highest BCUT2D eigenvalue weighted by Crippen LogP contribution is 2.07. The van der Waals surface area contributed by atoms with Crippen molar-refractivity contribution < 1.29 is 4.79 Å². The van der Waals surface area contributed by atoms with E-state index in [4.69, 9.17) is 6.42 Å². The van der Waals surface area contributed by atoms with Crippen molar-refractivity contribution in [2.45, 2.75) is 19.4 Å². The lowest BCUT2D eigenvalue weighted by molar-refractivity contribution is 0.0941. The van der Waals surface area contributed by atoms with Crippen LogP contribution in [0.4, 0.5) is 0 Å². The average molecular weight is 253 g/mol. The lowest BCUT2D eigenvalue weighted by Gasteiger charge is -2.09. The fraction of sp³-hybridized carbons (Fsp3) is 0.200. The number of terminal acetylenes is 1. The van der Waals surface area contributed by atoms with Gasteiger partial charge in [-0.2, -0.15) is 5.10 Å². The molecule has 0 spiro atoms. The van der Waals surface area contributed by atoms with Gasteiger partial charge in [-0.15, -0.1) is 12.3 Å². The van der Waals surface area contributed by atoms with E-state index in [9.17, 15) is 4.79 Å². The molecule has 19 heavy (non-hydrogen) atoms. The van der Waals surface area contributed by atoms with Gasteiger partial charge in [0.15, 0.2) is 0 Å². The zero-order valence-electron chi connectivity index (χ0n) is 10.7. The Kier molecular flexibility index (Phi) is 3.99. The number of nitrogens with zero attached hydrogens (tertiary/aromatic N) is 2. The molecule has 1 N–H and O–H groups in total. The Labute approximate surface area is 112 Å². The van der Waals surface area contributed by atoms with Gasteiger partial charge >= 0.3 is 0 Å². The molecule has 0 radical (unpaired) electrons. The van der Waals surface area contributed by atoms with E-state index in [1.54, 1.807) is 17.1 Å². The first-order chi connectivity index (χ1) is 9.20. The van der Waals surface area contributed by atoms with Gasteiger partial charge in [0, 0.05) is 18.7 Å². The second-order valence-electron chi connectivity index (χ2n) is 4.29. The van der Waals surface area contributed by atoms with E-state index in [0.717, 1.165) is 5.69 Å². The number of amides is 1. The van der Waals surface area contributed by atoms with Crippen molar-refractivity contribution in [1.29, 1.82) is 0 Å². The van der Waals surface area contributed by atoms with Gasteiger partial charge in [0.1, 0.15) is 0 Å². The summed E-state index contributed by atoms with van der Waals surface area (Å²) in [5, 5.41) is 7.00. The van der Waals surface area contributed by atoms with Crippen LogP contribution in [0.1, 0.15) is 23.7 Å². The van der Waals surface area contributed by atoms with Crippen molar-refractivity contribution >= 4 is 5.91 Å². The first-order valence-electron chi connectivity index (χ1n) is 6.05. The van der Waals surface area contributed by atoms with Crippen molar-refractivity contribution in [3.63, 3.8) is 0 Å². The number of nitrogens with one attached hydrogen (secondary N) is 1. The van der Waals surface area contributed by atoms with Crippen molar-refractivity contribution in [2.24, 2.45) is 0 Å². The summed E-state index contributed by atoms with van der Waals surface area (Å²) in [4.78, 5) is 11.9. The second kappa shape index (κ2) is 5.87. The molecule has 0 aliphatic heterocycles. The van der Waals surface area contributed by atoms with E-state index < -0.39 is 0 Å². The maximum Gasteiger partial charge on any atom is 0.254 e. The molecule has 1 aromatic carbocycles. The number of rotatable bonds is 4. The van der Waals surface area contributed by atoms with Gasteiger partial charge in [-0.3, -0.25) is 4.79 Å². The van der Waals surface area contributed by atoms with Gasteiger partial charge in [0.25, 0.3) is 5.91 Å². The van der Waals surface area contributed by atoms with Gasteiger partial charge in [-0.1, -0.05) is 18.2 Å².